The summed E-state index contributed by atoms with van der Waals surface area (Å²) in [6.45, 7) is 18.7. The van der Waals surface area contributed by atoms with Crippen LogP contribution in [0.25, 0.3) is 11.1 Å². The van der Waals surface area contributed by atoms with Crippen molar-refractivity contribution in [1.29, 1.82) is 0 Å². The molecule has 0 unspecified atom stereocenters. The molecule has 0 aliphatic rings. The molecule has 0 radical (unpaired) electrons. The summed E-state index contributed by atoms with van der Waals surface area (Å²) in [5.41, 5.74) is 3.32. The zero-order valence-corrected chi connectivity index (χ0v) is 31.3. The number of allylic oxidation sites excluding steroid dienone is 1. The van der Waals surface area contributed by atoms with Crippen molar-refractivity contribution >= 4 is 29.4 Å². The van der Waals surface area contributed by atoms with Gasteiger partial charge in [0.1, 0.15) is 35.9 Å². The third-order valence-corrected chi connectivity index (χ3v) is 7.14. The van der Waals surface area contributed by atoms with Gasteiger partial charge in [-0.3, -0.25) is 4.79 Å². The Bertz CT molecular complexity index is 1590. The number of nitrogens with zero attached hydrogens (tertiary/aromatic N) is 1. The highest BCUT2D eigenvalue weighted by atomic mass is 16.7. The number of benzene rings is 3. The smallest absolute Gasteiger partial charge is 0.492 e. The first-order valence-corrected chi connectivity index (χ1v) is 17.0. The van der Waals surface area contributed by atoms with Crippen LogP contribution in [0.15, 0.2) is 78.9 Å². The molecule has 0 saturated carbocycles. The first-order chi connectivity index (χ1) is 23.4. The lowest BCUT2D eigenvalue weighted by atomic mass is 9.88. The van der Waals surface area contributed by atoms with E-state index in [0.717, 1.165) is 28.7 Å². The molecule has 0 fully saturated rings. The van der Waals surface area contributed by atoms with Crippen molar-refractivity contribution in [2.45, 2.75) is 86.9 Å². The molecule has 50 heavy (non-hydrogen) atoms. The summed E-state index contributed by atoms with van der Waals surface area (Å²) in [7, 11) is 0. The van der Waals surface area contributed by atoms with Crippen molar-refractivity contribution in [2.75, 3.05) is 26.3 Å². The first kappa shape index (κ1) is 39.6. The summed E-state index contributed by atoms with van der Waals surface area (Å²) >= 11 is 0. The molecule has 0 spiro atoms. The fourth-order valence-corrected chi connectivity index (χ4v) is 4.76. The average molecular weight is 688 g/mol. The van der Waals surface area contributed by atoms with E-state index in [4.69, 9.17) is 23.7 Å². The number of carbonyl (C=O) groups is 3. The van der Waals surface area contributed by atoms with Crippen LogP contribution in [0.4, 0.5) is 9.59 Å². The molecule has 0 aliphatic heterocycles. The predicted octanol–water partition coefficient (Wildman–Crippen LogP) is 9.57. The molecule has 3 aromatic rings. The number of esters is 1. The molecule has 1 amide bonds. The molecule has 0 aliphatic carbocycles. The van der Waals surface area contributed by atoms with Crippen molar-refractivity contribution in [2.24, 2.45) is 5.41 Å². The Morgan fingerprint density at radius 1 is 0.620 bits per heavy atom. The molecule has 270 valence electrons. The number of carbonyl (C=O) groups excluding carboxylic acids is 3. The minimum atomic E-state index is -0.801. The summed E-state index contributed by atoms with van der Waals surface area (Å²) in [4.78, 5) is 38.9. The number of ether oxygens (including phenoxy) is 5. The topological polar surface area (TPSA) is 101 Å². The monoisotopic (exact) mass is 687 g/mol. The number of amides is 1. The Kier molecular flexibility index (Phi) is 13.7. The SMILES string of the molecule is CC/C(=C(/c1ccc(OCCN(CCOC(=O)OC(C)(C)C)C(=O)OC(C)(C)C)cc1)c1ccc(OC(=O)C(C)(C)C)cc1)c1ccccc1. The third kappa shape index (κ3) is 12.9. The van der Waals surface area contributed by atoms with Gasteiger partial charge in [-0.2, -0.15) is 0 Å². The van der Waals surface area contributed by atoms with Gasteiger partial charge in [0.15, 0.2) is 0 Å². The summed E-state index contributed by atoms with van der Waals surface area (Å²) < 4.78 is 27.6. The van der Waals surface area contributed by atoms with E-state index in [-0.39, 0.29) is 32.3 Å². The lowest BCUT2D eigenvalue weighted by Crippen LogP contribution is -2.41. The van der Waals surface area contributed by atoms with Crippen LogP contribution in [0.1, 0.15) is 92.3 Å². The molecule has 0 heterocycles. The molecular formula is C41H53NO8. The van der Waals surface area contributed by atoms with Gasteiger partial charge in [-0.15, -0.1) is 0 Å². The fraction of sp³-hybridized carbons (Fsp3) is 0.439. The lowest BCUT2D eigenvalue weighted by molar-refractivity contribution is -0.143. The van der Waals surface area contributed by atoms with Crippen LogP contribution in [0.2, 0.25) is 0 Å². The average Bonchev–Trinajstić information content (AvgIpc) is 3.02. The van der Waals surface area contributed by atoms with Crippen molar-refractivity contribution in [3.63, 3.8) is 0 Å². The van der Waals surface area contributed by atoms with E-state index >= 15 is 0 Å². The van der Waals surface area contributed by atoms with E-state index in [0.29, 0.717) is 11.5 Å². The van der Waals surface area contributed by atoms with Gasteiger partial charge >= 0.3 is 18.2 Å². The van der Waals surface area contributed by atoms with E-state index in [1.807, 2.05) is 87.5 Å². The molecule has 3 rings (SSSR count). The van der Waals surface area contributed by atoms with Gasteiger partial charge in [0.25, 0.3) is 0 Å². The van der Waals surface area contributed by atoms with E-state index in [1.165, 1.54) is 10.5 Å². The third-order valence-electron chi connectivity index (χ3n) is 7.14. The first-order valence-electron chi connectivity index (χ1n) is 17.0. The van der Waals surface area contributed by atoms with E-state index in [1.54, 1.807) is 41.5 Å². The Labute approximate surface area is 297 Å². The van der Waals surface area contributed by atoms with Crippen molar-refractivity contribution < 1.29 is 38.1 Å². The van der Waals surface area contributed by atoms with Crippen LogP contribution in [-0.2, 0) is 19.0 Å². The van der Waals surface area contributed by atoms with Crippen LogP contribution in [0.3, 0.4) is 0 Å². The Hall–Kier alpha value is -4.79. The van der Waals surface area contributed by atoms with Crippen LogP contribution in [-0.4, -0.2) is 60.6 Å². The molecule has 0 N–H and O–H groups in total. The maximum Gasteiger partial charge on any atom is 0.508 e. The highest BCUT2D eigenvalue weighted by Gasteiger charge is 2.25. The predicted molar refractivity (Wildman–Crippen MR) is 196 cm³/mol. The molecule has 9 nitrogen and oxygen atoms in total. The molecule has 9 heteroatoms. The quantitative estimate of drug-likeness (QED) is 0.105. The second-order valence-electron chi connectivity index (χ2n) is 14.9. The fourth-order valence-electron chi connectivity index (χ4n) is 4.76. The van der Waals surface area contributed by atoms with Crippen LogP contribution < -0.4 is 9.47 Å². The molecule has 3 aromatic carbocycles. The standard InChI is InChI=1S/C41H53NO8/c1-11-34(29-15-13-12-14-16-29)35(31-19-23-33(24-20-31)48-36(43)39(2,3)4)30-17-21-32(22-18-30)46-27-25-42(37(44)49-40(5,6)7)26-28-47-38(45)50-41(8,9)10/h12-24H,11,25-28H2,1-10H3/b35-34+. The highest BCUT2D eigenvalue weighted by molar-refractivity contribution is 5.98. The van der Waals surface area contributed by atoms with E-state index < -0.39 is 28.9 Å². The normalized spacial score (nSPS) is 12.4. The van der Waals surface area contributed by atoms with Gasteiger partial charge in [-0.1, -0.05) is 61.5 Å². The Morgan fingerprint density at radius 3 is 1.64 bits per heavy atom. The summed E-state index contributed by atoms with van der Waals surface area (Å²) in [6.07, 6.45) is -0.549. The Morgan fingerprint density at radius 2 is 1.14 bits per heavy atom. The zero-order chi connectivity index (χ0) is 37.1. The Balaban J connectivity index is 1.80. The van der Waals surface area contributed by atoms with Crippen molar-refractivity contribution in [3.8, 4) is 11.5 Å². The van der Waals surface area contributed by atoms with Gasteiger partial charge in [0, 0.05) is 0 Å². The van der Waals surface area contributed by atoms with Gasteiger partial charge in [-0.25, -0.2) is 9.59 Å². The van der Waals surface area contributed by atoms with Crippen molar-refractivity contribution in [1.82, 2.24) is 4.90 Å². The molecule has 0 atom stereocenters. The molecule has 0 saturated heterocycles. The van der Waals surface area contributed by atoms with Gasteiger partial charge in [0.2, 0.25) is 0 Å². The second-order valence-corrected chi connectivity index (χ2v) is 14.9. The number of hydrogen-bond donors (Lipinski definition) is 0. The molecule has 0 aromatic heterocycles. The molecule has 0 bridgehead atoms. The molecular weight excluding hydrogens is 634 g/mol. The zero-order valence-electron chi connectivity index (χ0n) is 31.3. The van der Waals surface area contributed by atoms with Crippen LogP contribution >= 0.6 is 0 Å². The maximum absolute atomic E-state index is 12.9. The summed E-state index contributed by atoms with van der Waals surface area (Å²) in [5, 5.41) is 0. The van der Waals surface area contributed by atoms with E-state index in [9.17, 15) is 14.4 Å². The van der Waals surface area contributed by atoms with Crippen LogP contribution in [0.5, 0.6) is 11.5 Å². The highest BCUT2D eigenvalue weighted by Crippen LogP contribution is 2.36. The van der Waals surface area contributed by atoms with E-state index in [2.05, 4.69) is 19.1 Å². The maximum atomic E-state index is 12.9. The lowest BCUT2D eigenvalue weighted by Gasteiger charge is -2.27. The van der Waals surface area contributed by atoms with Gasteiger partial charge in [0.05, 0.1) is 18.5 Å². The summed E-state index contributed by atoms with van der Waals surface area (Å²) in [6, 6.07) is 25.7. The number of hydrogen-bond acceptors (Lipinski definition) is 8. The minimum Gasteiger partial charge on any atom is -0.492 e. The van der Waals surface area contributed by atoms with Gasteiger partial charge < -0.3 is 28.6 Å². The summed E-state index contributed by atoms with van der Waals surface area (Å²) in [5.74, 6) is 0.828. The minimum absolute atomic E-state index is 0.0564. The van der Waals surface area contributed by atoms with Crippen LogP contribution in [0, 0.1) is 5.41 Å². The largest absolute Gasteiger partial charge is 0.508 e. The number of rotatable bonds is 12. The van der Waals surface area contributed by atoms with Gasteiger partial charge in [-0.05, 0) is 121 Å². The van der Waals surface area contributed by atoms with Crippen molar-refractivity contribution in [3.05, 3.63) is 95.6 Å². The second kappa shape index (κ2) is 17.2.